The molecule has 2 heteroatoms. The Hall–Kier alpha value is -2.35. The molecule has 3 rings (SSSR count). The van der Waals surface area contributed by atoms with Gasteiger partial charge in [0, 0.05) is 11.6 Å². The zero-order valence-corrected chi connectivity index (χ0v) is 14.3. The van der Waals surface area contributed by atoms with Crippen molar-refractivity contribution in [1.82, 2.24) is 4.98 Å². The fraction of sp³-hybridized carbons (Fsp3) is 0.286. The molecular formula is C21H24N2. The molecule has 0 aliphatic carbocycles. The van der Waals surface area contributed by atoms with E-state index in [4.69, 9.17) is 5.73 Å². The molecule has 2 nitrogen and oxygen atoms in total. The average Bonchev–Trinajstić information content (AvgIpc) is 2.54. The molecule has 2 aromatic carbocycles. The molecule has 118 valence electrons. The maximum Gasteiger partial charge on any atom is 0.131 e. The van der Waals surface area contributed by atoms with Crippen molar-refractivity contribution in [3.05, 3.63) is 59.8 Å². The topological polar surface area (TPSA) is 38.9 Å². The number of nitrogen functional groups attached to an aromatic ring is 1. The van der Waals surface area contributed by atoms with Gasteiger partial charge in [-0.3, -0.25) is 0 Å². The van der Waals surface area contributed by atoms with E-state index >= 15 is 0 Å². The molecule has 1 heterocycles. The summed E-state index contributed by atoms with van der Waals surface area (Å²) < 4.78 is 0. The lowest BCUT2D eigenvalue weighted by Gasteiger charge is -2.20. The van der Waals surface area contributed by atoms with Crippen LogP contribution in [0, 0.1) is 0 Å². The van der Waals surface area contributed by atoms with Crippen LogP contribution >= 0.6 is 0 Å². The number of nitrogens with two attached hydrogens (primary N) is 1. The first-order chi connectivity index (χ1) is 11.0. The summed E-state index contributed by atoms with van der Waals surface area (Å²) >= 11 is 0. The fourth-order valence-electron chi connectivity index (χ4n) is 3.24. The number of aromatic nitrogens is 1. The number of hydrogen-bond acceptors (Lipinski definition) is 2. The van der Waals surface area contributed by atoms with Crippen molar-refractivity contribution in [3.8, 4) is 11.1 Å². The minimum Gasteiger partial charge on any atom is -0.383 e. The molecule has 0 bridgehead atoms. The van der Waals surface area contributed by atoms with Gasteiger partial charge in [-0.15, -0.1) is 0 Å². The molecule has 2 N–H and O–H groups in total. The predicted octanol–water partition coefficient (Wildman–Crippen LogP) is 5.73. The summed E-state index contributed by atoms with van der Waals surface area (Å²) in [5.74, 6) is 1.57. The zero-order chi connectivity index (χ0) is 16.6. The van der Waals surface area contributed by atoms with Crippen molar-refractivity contribution in [2.75, 3.05) is 5.73 Å². The number of fused-ring (bicyclic) bond motifs is 1. The first-order valence-corrected chi connectivity index (χ1v) is 8.26. The maximum atomic E-state index is 5.99. The van der Waals surface area contributed by atoms with E-state index in [0.717, 1.165) is 10.8 Å². The van der Waals surface area contributed by atoms with E-state index in [-0.39, 0.29) is 0 Å². The van der Waals surface area contributed by atoms with Gasteiger partial charge in [0.2, 0.25) is 0 Å². The lowest BCUT2D eigenvalue weighted by atomic mass is 9.84. The Balaban J connectivity index is 2.29. The third-order valence-electron chi connectivity index (χ3n) is 4.46. The Morgan fingerprint density at radius 3 is 2.13 bits per heavy atom. The van der Waals surface area contributed by atoms with Gasteiger partial charge in [-0.1, -0.05) is 58.0 Å². The van der Waals surface area contributed by atoms with Crippen LogP contribution in [0.1, 0.15) is 50.7 Å². The second-order valence-corrected chi connectivity index (χ2v) is 6.75. The number of nitrogens with zero attached hydrogens (tertiary/aromatic N) is 1. The van der Waals surface area contributed by atoms with Crippen LogP contribution < -0.4 is 5.73 Å². The number of benzene rings is 2. The van der Waals surface area contributed by atoms with Crippen LogP contribution in [0.3, 0.4) is 0 Å². The maximum absolute atomic E-state index is 5.99. The molecule has 3 aromatic rings. The Kier molecular flexibility index (Phi) is 4.08. The molecule has 1 aromatic heterocycles. The van der Waals surface area contributed by atoms with E-state index in [1.807, 2.05) is 6.07 Å². The average molecular weight is 304 g/mol. The minimum atomic E-state index is 0.488. The standard InChI is InChI=1S/C21H24N2/c1-13(2)17-6-5-7-18(14(3)4)20(17)16-8-9-19-15(12-16)10-11-23-21(19)22/h5-14H,1-4H3,(H2,22,23). The van der Waals surface area contributed by atoms with Crippen molar-refractivity contribution >= 4 is 16.6 Å². The van der Waals surface area contributed by atoms with Gasteiger partial charge in [-0.2, -0.15) is 0 Å². The molecule has 0 saturated heterocycles. The van der Waals surface area contributed by atoms with E-state index in [1.54, 1.807) is 6.20 Å². The molecule has 0 radical (unpaired) electrons. The molecule has 0 saturated carbocycles. The van der Waals surface area contributed by atoms with Gasteiger partial charge in [0.05, 0.1) is 0 Å². The van der Waals surface area contributed by atoms with E-state index < -0.39 is 0 Å². The smallest absolute Gasteiger partial charge is 0.131 e. The van der Waals surface area contributed by atoms with Gasteiger partial charge in [-0.25, -0.2) is 4.98 Å². The van der Waals surface area contributed by atoms with Crippen LogP contribution in [0.4, 0.5) is 5.82 Å². The lowest BCUT2D eigenvalue weighted by Crippen LogP contribution is -2.00. The van der Waals surface area contributed by atoms with Crippen LogP contribution in [0.5, 0.6) is 0 Å². The molecular weight excluding hydrogens is 280 g/mol. The van der Waals surface area contributed by atoms with E-state index in [9.17, 15) is 0 Å². The van der Waals surface area contributed by atoms with E-state index in [0.29, 0.717) is 17.7 Å². The van der Waals surface area contributed by atoms with Gasteiger partial charge in [0.25, 0.3) is 0 Å². The second-order valence-electron chi connectivity index (χ2n) is 6.75. The van der Waals surface area contributed by atoms with Crippen molar-refractivity contribution in [3.63, 3.8) is 0 Å². The van der Waals surface area contributed by atoms with E-state index in [1.165, 1.54) is 22.3 Å². The van der Waals surface area contributed by atoms with Crippen molar-refractivity contribution < 1.29 is 0 Å². The van der Waals surface area contributed by atoms with Crippen LogP contribution in [0.15, 0.2) is 48.7 Å². The Morgan fingerprint density at radius 1 is 0.870 bits per heavy atom. The minimum absolute atomic E-state index is 0.488. The van der Waals surface area contributed by atoms with Crippen LogP contribution in [-0.4, -0.2) is 4.98 Å². The van der Waals surface area contributed by atoms with Crippen molar-refractivity contribution in [2.45, 2.75) is 39.5 Å². The van der Waals surface area contributed by atoms with Crippen LogP contribution in [0.25, 0.3) is 21.9 Å². The highest BCUT2D eigenvalue weighted by Crippen LogP contribution is 2.37. The van der Waals surface area contributed by atoms with Crippen LogP contribution in [-0.2, 0) is 0 Å². The van der Waals surface area contributed by atoms with Gasteiger partial charge in [-0.05, 0) is 51.6 Å². The molecule has 0 amide bonds. The number of pyridine rings is 1. The Morgan fingerprint density at radius 2 is 1.52 bits per heavy atom. The SMILES string of the molecule is CC(C)c1cccc(C(C)C)c1-c1ccc2c(N)nccc2c1. The van der Waals surface area contributed by atoms with Crippen molar-refractivity contribution in [1.29, 1.82) is 0 Å². The third kappa shape index (κ3) is 2.81. The first kappa shape index (κ1) is 15.5. The summed E-state index contributed by atoms with van der Waals surface area (Å²) in [7, 11) is 0. The van der Waals surface area contributed by atoms with Crippen molar-refractivity contribution in [2.24, 2.45) is 0 Å². The van der Waals surface area contributed by atoms with E-state index in [2.05, 4.69) is 69.1 Å². The third-order valence-corrected chi connectivity index (χ3v) is 4.46. The highest BCUT2D eigenvalue weighted by Gasteiger charge is 2.15. The quantitative estimate of drug-likeness (QED) is 0.671. The predicted molar refractivity (Wildman–Crippen MR) is 99.8 cm³/mol. The Labute approximate surface area is 138 Å². The van der Waals surface area contributed by atoms with Crippen LogP contribution in [0.2, 0.25) is 0 Å². The molecule has 0 atom stereocenters. The summed E-state index contributed by atoms with van der Waals surface area (Å²) in [5, 5.41) is 2.16. The molecule has 23 heavy (non-hydrogen) atoms. The van der Waals surface area contributed by atoms with Gasteiger partial charge < -0.3 is 5.73 Å². The lowest BCUT2D eigenvalue weighted by molar-refractivity contribution is 0.838. The summed E-state index contributed by atoms with van der Waals surface area (Å²) in [6, 6.07) is 15.2. The summed E-state index contributed by atoms with van der Waals surface area (Å²) in [5.41, 5.74) is 11.4. The number of hydrogen-bond donors (Lipinski definition) is 1. The molecule has 0 fully saturated rings. The van der Waals surface area contributed by atoms with Gasteiger partial charge in [0.15, 0.2) is 0 Å². The number of anilines is 1. The number of rotatable bonds is 3. The monoisotopic (exact) mass is 304 g/mol. The summed E-state index contributed by atoms with van der Waals surface area (Å²) in [6.45, 7) is 9.02. The fourth-order valence-corrected chi connectivity index (χ4v) is 3.24. The molecule has 0 spiro atoms. The Bertz CT molecular complexity index is 821. The zero-order valence-electron chi connectivity index (χ0n) is 14.3. The molecule has 0 aliphatic rings. The normalized spacial score (nSPS) is 11.6. The van der Waals surface area contributed by atoms with Gasteiger partial charge >= 0.3 is 0 Å². The second kappa shape index (κ2) is 6.04. The molecule has 0 aliphatic heterocycles. The van der Waals surface area contributed by atoms with Gasteiger partial charge in [0.1, 0.15) is 5.82 Å². The highest BCUT2D eigenvalue weighted by molar-refractivity contribution is 5.94. The highest BCUT2D eigenvalue weighted by atomic mass is 14.8. The molecule has 0 unspecified atom stereocenters. The first-order valence-electron chi connectivity index (χ1n) is 8.26. The summed E-state index contributed by atoms with van der Waals surface area (Å²) in [6.07, 6.45) is 1.78. The largest absolute Gasteiger partial charge is 0.383 e. The summed E-state index contributed by atoms with van der Waals surface area (Å²) in [4.78, 5) is 4.18.